The van der Waals surface area contributed by atoms with E-state index in [0.29, 0.717) is 5.41 Å². The zero-order valence-corrected chi connectivity index (χ0v) is 9.43. The first-order valence-corrected chi connectivity index (χ1v) is 5.63. The van der Waals surface area contributed by atoms with Crippen LogP contribution >= 0.6 is 0 Å². The average molecular weight is 196 g/mol. The van der Waals surface area contributed by atoms with Gasteiger partial charge in [-0.2, -0.15) is 0 Å². The molecule has 80 valence electrons. The minimum Gasteiger partial charge on any atom is -0.460 e. The Balaban J connectivity index is 1.87. The first kappa shape index (κ1) is 10.0. The van der Waals surface area contributed by atoms with Crippen LogP contribution in [0.4, 0.5) is 0 Å². The molecular weight excluding hydrogens is 176 g/mol. The minimum atomic E-state index is -0.323. The van der Waals surface area contributed by atoms with Crippen molar-refractivity contribution in [1.82, 2.24) is 0 Å². The predicted molar refractivity (Wildman–Crippen MR) is 54.9 cm³/mol. The van der Waals surface area contributed by atoms with Gasteiger partial charge in [0.2, 0.25) is 0 Å². The molecule has 0 N–H and O–H groups in total. The van der Waals surface area contributed by atoms with Gasteiger partial charge < -0.3 is 4.74 Å². The maximum atomic E-state index is 11.8. The van der Waals surface area contributed by atoms with Gasteiger partial charge in [-0.05, 0) is 58.3 Å². The third kappa shape index (κ3) is 2.10. The van der Waals surface area contributed by atoms with E-state index < -0.39 is 0 Å². The average Bonchev–Trinajstić information content (AvgIpc) is 2.57. The highest BCUT2D eigenvalue weighted by molar-refractivity contribution is 5.73. The fraction of sp³-hybridized carbons (Fsp3) is 0.917. The highest BCUT2D eigenvalue weighted by Gasteiger charge is 2.50. The molecule has 2 aliphatic carbocycles. The molecule has 2 rings (SSSR count). The summed E-state index contributed by atoms with van der Waals surface area (Å²) >= 11 is 0. The SMILES string of the molecule is CC(C)(C)OC(=O)C1CCC2(CC2)C1. The second-order valence-electron chi connectivity index (χ2n) is 5.97. The summed E-state index contributed by atoms with van der Waals surface area (Å²) < 4.78 is 5.40. The van der Waals surface area contributed by atoms with Crippen LogP contribution in [-0.2, 0) is 9.53 Å². The summed E-state index contributed by atoms with van der Waals surface area (Å²) in [6.45, 7) is 5.81. The topological polar surface area (TPSA) is 26.3 Å². The molecule has 2 heteroatoms. The van der Waals surface area contributed by atoms with E-state index in [0.717, 1.165) is 12.8 Å². The molecule has 2 nitrogen and oxygen atoms in total. The zero-order chi connectivity index (χ0) is 10.4. The second kappa shape index (κ2) is 2.98. The molecule has 0 amide bonds. The fourth-order valence-corrected chi connectivity index (χ4v) is 2.42. The summed E-state index contributed by atoms with van der Waals surface area (Å²) in [4.78, 5) is 11.8. The molecule has 2 fully saturated rings. The van der Waals surface area contributed by atoms with Crippen LogP contribution in [0, 0.1) is 11.3 Å². The molecule has 14 heavy (non-hydrogen) atoms. The van der Waals surface area contributed by atoms with Crippen molar-refractivity contribution < 1.29 is 9.53 Å². The van der Waals surface area contributed by atoms with E-state index in [-0.39, 0.29) is 17.5 Å². The van der Waals surface area contributed by atoms with E-state index in [1.165, 1.54) is 19.3 Å². The van der Waals surface area contributed by atoms with Crippen LogP contribution in [0.15, 0.2) is 0 Å². The lowest BCUT2D eigenvalue weighted by atomic mass is 10.0. The molecule has 1 atom stereocenters. The number of rotatable bonds is 1. The largest absolute Gasteiger partial charge is 0.460 e. The van der Waals surface area contributed by atoms with Crippen LogP contribution in [0.1, 0.15) is 52.9 Å². The Labute approximate surface area is 86.0 Å². The minimum absolute atomic E-state index is 0.0290. The Morgan fingerprint density at radius 1 is 1.29 bits per heavy atom. The number of ether oxygens (including phenoxy) is 1. The number of esters is 1. The maximum Gasteiger partial charge on any atom is 0.309 e. The summed E-state index contributed by atoms with van der Waals surface area (Å²) in [5.74, 6) is 0.220. The van der Waals surface area contributed by atoms with E-state index in [9.17, 15) is 4.79 Å². The molecular formula is C12H20O2. The highest BCUT2D eigenvalue weighted by atomic mass is 16.6. The van der Waals surface area contributed by atoms with Gasteiger partial charge in [0.05, 0.1) is 5.92 Å². The maximum absolute atomic E-state index is 11.8. The first-order valence-electron chi connectivity index (χ1n) is 5.63. The van der Waals surface area contributed by atoms with Crippen LogP contribution < -0.4 is 0 Å². The van der Waals surface area contributed by atoms with E-state index in [1.807, 2.05) is 20.8 Å². The van der Waals surface area contributed by atoms with Crippen molar-refractivity contribution in [3.8, 4) is 0 Å². The molecule has 0 aromatic rings. The van der Waals surface area contributed by atoms with Gasteiger partial charge in [0.25, 0.3) is 0 Å². The van der Waals surface area contributed by atoms with Crippen molar-refractivity contribution in [2.45, 2.75) is 58.5 Å². The van der Waals surface area contributed by atoms with E-state index in [2.05, 4.69) is 0 Å². The van der Waals surface area contributed by atoms with Crippen LogP contribution in [0.25, 0.3) is 0 Å². The van der Waals surface area contributed by atoms with Gasteiger partial charge in [-0.3, -0.25) is 4.79 Å². The number of hydrogen-bond donors (Lipinski definition) is 0. The third-order valence-corrected chi connectivity index (χ3v) is 3.40. The fourth-order valence-electron chi connectivity index (χ4n) is 2.42. The third-order valence-electron chi connectivity index (χ3n) is 3.40. The molecule has 0 heterocycles. The van der Waals surface area contributed by atoms with E-state index in [4.69, 9.17) is 4.74 Å². The number of carbonyl (C=O) groups is 1. The van der Waals surface area contributed by atoms with Gasteiger partial charge >= 0.3 is 5.97 Å². The Kier molecular flexibility index (Phi) is 2.13. The van der Waals surface area contributed by atoms with Gasteiger partial charge in [-0.15, -0.1) is 0 Å². The molecule has 2 aliphatic rings. The van der Waals surface area contributed by atoms with Crippen molar-refractivity contribution in [2.24, 2.45) is 11.3 Å². The smallest absolute Gasteiger partial charge is 0.309 e. The predicted octanol–water partition coefficient (Wildman–Crippen LogP) is 2.91. The van der Waals surface area contributed by atoms with Crippen molar-refractivity contribution in [3.63, 3.8) is 0 Å². The first-order chi connectivity index (χ1) is 6.40. The lowest BCUT2D eigenvalue weighted by Crippen LogP contribution is -2.27. The van der Waals surface area contributed by atoms with Crippen LogP contribution in [0.3, 0.4) is 0 Å². The van der Waals surface area contributed by atoms with Crippen molar-refractivity contribution in [2.75, 3.05) is 0 Å². The molecule has 0 aromatic heterocycles. The number of hydrogen-bond acceptors (Lipinski definition) is 2. The normalized spacial score (nSPS) is 29.2. The molecule has 0 bridgehead atoms. The molecule has 2 saturated carbocycles. The van der Waals surface area contributed by atoms with Gasteiger partial charge in [0.1, 0.15) is 5.60 Å². The highest BCUT2D eigenvalue weighted by Crippen LogP contribution is 2.59. The Bertz CT molecular complexity index is 246. The molecule has 0 saturated heterocycles. The van der Waals surface area contributed by atoms with Crippen molar-refractivity contribution in [3.05, 3.63) is 0 Å². The zero-order valence-electron chi connectivity index (χ0n) is 9.43. The van der Waals surface area contributed by atoms with Gasteiger partial charge in [0, 0.05) is 0 Å². The summed E-state index contributed by atoms with van der Waals surface area (Å²) in [6, 6.07) is 0. The lowest BCUT2D eigenvalue weighted by Gasteiger charge is -2.22. The Morgan fingerprint density at radius 2 is 1.93 bits per heavy atom. The van der Waals surface area contributed by atoms with Gasteiger partial charge in [0.15, 0.2) is 0 Å². The summed E-state index contributed by atoms with van der Waals surface area (Å²) in [7, 11) is 0. The van der Waals surface area contributed by atoms with Crippen molar-refractivity contribution >= 4 is 5.97 Å². The molecule has 1 unspecified atom stereocenters. The monoisotopic (exact) mass is 196 g/mol. The Morgan fingerprint density at radius 3 is 2.36 bits per heavy atom. The quantitative estimate of drug-likeness (QED) is 0.603. The molecule has 0 aliphatic heterocycles. The summed E-state index contributed by atoms with van der Waals surface area (Å²) in [5.41, 5.74) is 0.248. The van der Waals surface area contributed by atoms with E-state index >= 15 is 0 Å². The van der Waals surface area contributed by atoms with Gasteiger partial charge in [-0.1, -0.05) is 0 Å². The number of carbonyl (C=O) groups excluding carboxylic acids is 1. The van der Waals surface area contributed by atoms with Crippen LogP contribution in [0.5, 0.6) is 0 Å². The van der Waals surface area contributed by atoms with E-state index in [1.54, 1.807) is 0 Å². The van der Waals surface area contributed by atoms with Crippen LogP contribution in [-0.4, -0.2) is 11.6 Å². The molecule has 1 spiro atoms. The summed E-state index contributed by atoms with van der Waals surface area (Å²) in [5, 5.41) is 0. The van der Waals surface area contributed by atoms with Crippen LogP contribution in [0.2, 0.25) is 0 Å². The second-order valence-corrected chi connectivity index (χ2v) is 5.97. The standard InChI is InChI=1S/C12H20O2/c1-11(2,3)14-10(13)9-4-5-12(8-9)6-7-12/h9H,4-8H2,1-3H3. The Hall–Kier alpha value is -0.530. The van der Waals surface area contributed by atoms with Gasteiger partial charge in [-0.25, -0.2) is 0 Å². The molecule has 0 radical (unpaired) electrons. The van der Waals surface area contributed by atoms with Crippen molar-refractivity contribution in [1.29, 1.82) is 0 Å². The molecule has 0 aromatic carbocycles. The summed E-state index contributed by atoms with van der Waals surface area (Å²) in [6.07, 6.45) is 6.06. The lowest BCUT2D eigenvalue weighted by molar-refractivity contribution is -0.159.